The topological polar surface area (TPSA) is 62.2 Å². The molecule has 2 N–H and O–H groups in total. The number of halogens is 3. The van der Waals surface area contributed by atoms with Crippen LogP contribution in [0.3, 0.4) is 0 Å². The number of fused-ring (bicyclic) bond motifs is 1. The normalized spacial score (nSPS) is 22.8. The van der Waals surface area contributed by atoms with Crippen molar-refractivity contribution in [1.82, 2.24) is 10.3 Å². The summed E-state index contributed by atoms with van der Waals surface area (Å²) < 4.78 is 15.4. The molecule has 2 unspecified atom stereocenters. The number of hydrogen-bond donors (Lipinski definition) is 2. The summed E-state index contributed by atoms with van der Waals surface area (Å²) in [5.74, 6) is -0.792. The van der Waals surface area contributed by atoms with Crippen molar-refractivity contribution >= 4 is 29.1 Å². The zero-order chi connectivity index (χ0) is 17.3. The molecular weight excluding hydrogens is 354 g/mol. The van der Waals surface area contributed by atoms with E-state index in [1.54, 1.807) is 24.3 Å². The third kappa shape index (κ3) is 2.99. The van der Waals surface area contributed by atoms with Gasteiger partial charge in [-0.3, -0.25) is 9.78 Å². The number of rotatable bonds is 3. The molecule has 1 aromatic carbocycles. The molecule has 0 bridgehead atoms. The lowest BCUT2D eigenvalue weighted by Gasteiger charge is -2.32. The highest BCUT2D eigenvalue weighted by molar-refractivity contribution is 6.36. The Kier molecular flexibility index (Phi) is 4.76. The number of aliphatic hydroxyl groups is 1. The van der Waals surface area contributed by atoms with Gasteiger partial charge in [-0.1, -0.05) is 35.3 Å². The van der Waals surface area contributed by atoms with Crippen LogP contribution in [0.15, 0.2) is 36.5 Å². The van der Waals surface area contributed by atoms with Crippen LogP contribution in [-0.4, -0.2) is 16.0 Å². The van der Waals surface area contributed by atoms with Crippen LogP contribution >= 0.6 is 23.2 Å². The molecule has 0 aliphatic heterocycles. The first-order valence-electron chi connectivity index (χ1n) is 7.47. The van der Waals surface area contributed by atoms with Gasteiger partial charge in [-0.25, -0.2) is 4.39 Å². The minimum Gasteiger partial charge on any atom is -0.387 e. The van der Waals surface area contributed by atoms with Gasteiger partial charge >= 0.3 is 0 Å². The quantitative estimate of drug-likeness (QED) is 0.868. The molecule has 126 valence electrons. The smallest absolute Gasteiger partial charge is 0.262 e. The molecule has 24 heavy (non-hydrogen) atoms. The van der Waals surface area contributed by atoms with Crippen molar-refractivity contribution in [1.29, 1.82) is 0 Å². The Hall–Kier alpha value is -1.69. The van der Waals surface area contributed by atoms with Crippen LogP contribution in [0.5, 0.6) is 0 Å². The highest BCUT2D eigenvalue weighted by Crippen LogP contribution is 2.42. The molecule has 0 radical (unpaired) electrons. The number of alkyl halides is 1. The van der Waals surface area contributed by atoms with Gasteiger partial charge in [-0.05, 0) is 31.0 Å². The van der Waals surface area contributed by atoms with Crippen molar-refractivity contribution in [3.05, 3.63) is 63.4 Å². The minimum absolute atomic E-state index is 0.0150. The third-order valence-electron chi connectivity index (χ3n) is 4.19. The van der Waals surface area contributed by atoms with Gasteiger partial charge in [0.15, 0.2) is 0 Å². The van der Waals surface area contributed by atoms with Gasteiger partial charge in [0, 0.05) is 33.9 Å². The largest absolute Gasteiger partial charge is 0.387 e. The molecule has 1 amide bonds. The standard InChI is InChI=1S/C17H15Cl2FN2O2/c18-12-4-1-5-13(19)10(12)9-22-16(24)17(20)7-6-14(23)15-11(17)3-2-8-21-15/h1-5,8,14,23H,6-7,9H2,(H,22,24). The maximum atomic E-state index is 15.4. The lowest BCUT2D eigenvalue weighted by molar-refractivity contribution is -0.135. The lowest BCUT2D eigenvalue weighted by atomic mass is 9.81. The Morgan fingerprint density at radius 3 is 2.75 bits per heavy atom. The highest BCUT2D eigenvalue weighted by atomic mass is 35.5. The van der Waals surface area contributed by atoms with E-state index in [4.69, 9.17) is 23.2 Å². The predicted molar refractivity (Wildman–Crippen MR) is 89.5 cm³/mol. The number of carbonyl (C=O) groups is 1. The molecule has 4 nitrogen and oxygen atoms in total. The van der Waals surface area contributed by atoms with E-state index in [0.717, 1.165) is 0 Å². The summed E-state index contributed by atoms with van der Waals surface area (Å²) in [6.07, 6.45) is 0.612. The second-order valence-corrected chi connectivity index (χ2v) is 6.49. The van der Waals surface area contributed by atoms with E-state index < -0.39 is 17.7 Å². The summed E-state index contributed by atoms with van der Waals surface area (Å²) in [5.41, 5.74) is -1.40. The van der Waals surface area contributed by atoms with Crippen molar-refractivity contribution in [2.75, 3.05) is 0 Å². The number of pyridine rings is 1. The van der Waals surface area contributed by atoms with Crippen LogP contribution < -0.4 is 5.32 Å². The van der Waals surface area contributed by atoms with Crippen LogP contribution in [0.2, 0.25) is 10.0 Å². The first-order valence-corrected chi connectivity index (χ1v) is 8.22. The number of aromatic nitrogens is 1. The fourth-order valence-corrected chi connectivity index (χ4v) is 3.40. The van der Waals surface area contributed by atoms with Crippen LogP contribution in [0.4, 0.5) is 4.39 Å². The molecule has 3 rings (SSSR count). The molecule has 1 aromatic heterocycles. The molecule has 0 saturated heterocycles. The molecule has 0 fully saturated rings. The second-order valence-electron chi connectivity index (χ2n) is 5.67. The SMILES string of the molecule is O=C(NCc1c(Cl)cccc1Cl)C1(F)CCC(O)c2ncccc21. The van der Waals surface area contributed by atoms with Crippen molar-refractivity contribution in [3.8, 4) is 0 Å². The van der Waals surface area contributed by atoms with Gasteiger partial charge in [0.25, 0.3) is 5.91 Å². The van der Waals surface area contributed by atoms with Gasteiger partial charge in [0.1, 0.15) is 0 Å². The first kappa shape index (κ1) is 17.1. The van der Waals surface area contributed by atoms with E-state index in [2.05, 4.69) is 10.3 Å². The van der Waals surface area contributed by atoms with E-state index in [9.17, 15) is 9.90 Å². The average Bonchev–Trinajstić information content (AvgIpc) is 2.58. The van der Waals surface area contributed by atoms with Crippen molar-refractivity contribution in [3.63, 3.8) is 0 Å². The predicted octanol–water partition coefficient (Wildman–Crippen LogP) is 3.70. The van der Waals surface area contributed by atoms with Crippen molar-refractivity contribution in [2.45, 2.75) is 31.2 Å². The highest BCUT2D eigenvalue weighted by Gasteiger charge is 2.46. The number of carbonyl (C=O) groups excluding carboxylic acids is 1. The van der Waals surface area contributed by atoms with Crippen LogP contribution in [0.1, 0.15) is 35.8 Å². The first-order chi connectivity index (χ1) is 11.4. The monoisotopic (exact) mass is 368 g/mol. The Morgan fingerprint density at radius 1 is 1.33 bits per heavy atom. The van der Waals surface area contributed by atoms with Crippen molar-refractivity contribution < 1.29 is 14.3 Å². The molecule has 2 atom stereocenters. The van der Waals surface area contributed by atoms with Gasteiger partial charge in [-0.15, -0.1) is 0 Å². The minimum atomic E-state index is -2.24. The van der Waals surface area contributed by atoms with Crippen LogP contribution in [0.25, 0.3) is 0 Å². The van der Waals surface area contributed by atoms with E-state index in [1.807, 2.05) is 0 Å². The molecule has 0 saturated carbocycles. The molecular formula is C17H15Cl2FN2O2. The van der Waals surface area contributed by atoms with Crippen LogP contribution in [-0.2, 0) is 17.0 Å². The molecule has 0 spiro atoms. The zero-order valence-electron chi connectivity index (χ0n) is 12.6. The number of nitrogens with zero attached hydrogens (tertiary/aromatic N) is 1. The summed E-state index contributed by atoms with van der Waals surface area (Å²) in [7, 11) is 0. The number of nitrogens with one attached hydrogen (secondary N) is 1. The fourth-order valence-electron chi connectivity index (χ4n) is 2.87. The van der Waals surface area contributed by atoms with Gasteiger partial charge < -0.3 is 10.4 Å². The Labute approximate surface area is 148 Å². The molecule has 1 heterocycles. The number of aliphatic hydroxyl groups excluding tert-OH is 1. The molecule has 2 aromatic rings. The summed E-state index contributed by atoms with van der Waals surface area (Å²) in [4.78, 5) is 16.5. The number of benzene rings is 1. The van der Waals surface area contributed by atoms with E-state index in [-0.39, 0.29) is 30.6 Å². The third-order valence-corrected chi connectivity index (χ3v) is 4.90. The average molecular weight is 369 g/mol. The van der Waals surface area contributed by atoms with Gasteiger partial charge in [0.2, 0.25) is 5.67 Å². The van der Waals surface area contributed by atoms with E-state index in [0.29, 0.717) is 15.6 Å². The van der Waals surface area contributed by atoms with E-state index >= 15 is 4.39 Å². The molecule has 1 aliphatic carbocycles. The fraction of sp³-hybridized carbons (Fsp3) is 0.294. The summed E-state index contributed by atoms with van der Waals surface area (Å²) in [5, 5.41) is 13.3. The molecule has 7 heteroatoms. The van der Waals surface area contributed by atoms with Crippen LogP contribution in [0, 0.1) is 0 Å². The van der Waals surface area contributed by atoms with Crippen molar-refractivity contribution in [2.24, 2.45) is 0 Å². The van der Waals surface area contributed by atoms with Gasteiger partial charge in [-0.2, -0.15) is 0 Å². The summed E-state index contributed by atoms with van der Waals surface area (Å²) >= 11 is 12.1. The molecule has 1 aliphatic rings. The number of hydrogen-bond acceptors (Lipinski definition) is 3. The Bertz CT molecular complexity index is 767. The van der Waals surface area contributed by atoms with Gasteiger partial charge in [0.05, 0.1) is 11.8 Å². The maximum Gasteiger partial charge on any atom is 0.262 e. The summed E-state index contributed by atoms with van der Waals surface area (Å²) in [6, 6.07) is 8.01. The Balaban J connectivity index is 1.84. The lowest BCUT2D eigenvalue weighted by Crippen LogP contribution is -2.44. The summed E-state index contributed by atoms with van der Waals surface area (Å²) in [6.45, 7) is 0.0150. The maximum absolute atomic E-state index is 15.4. The van der Waals surface area contributed by atoms with E-state index in [1.165, 1.54) is 12.3 Å². The number of amides is 1. The zero-order valence-corrected chi connectivity index (χ0v) is 14.1. The second kappa shape index (κ2) is 6.67. The Morgan fingerprint density at radius 2 is 2.04 bits per heavy atom.